The maximum atomic E-state index is 6.00. The number of hydrogen-bond acceptors (Lipinski definition) is 1. The van der Waals surface area contributed by atoms with Gasteiger partial charge in [-0.3, -0.25) is 0 Å². The molecule has 0 bridgehead atoms. The average Bonchev–Trinajstić information content (AvgIpc) is 2.69. The molecular weight excluding hydrogens is 265 g/mol. The Morgan fingerprint density at radius 1 is 0.889 bits per heavy atom. The molecule has 0 saturated heterocycles. The van der Waals surface area contributed by atoms with E-state index in [2.05, 4.69) is 29.6 Å². The van der Waals surface area contributed by atoms with Crippen LogP contribution in [0.2, 0.25) is 10.0 Å². The summed E-state index contributed by atoms with van der Waals surface area (Å²) < 4.78 is 0. The smallest absolute Gasteiger partial charge is 0.0441 e. The molecule has 0 fully saturated rings. The van der Waals surface area contributed by atoms with Crippen LogP contribution in [-0.4, -0.2) is 6.04 Å². The molecule has 0 radical (unpaired) electrons. The zero-order valence-corrected chi connectivity index (χ0v) is 11.3. The summed E-state index contributed by atoms with van der Waals surface area (Å²) >= 11 is 12.0. The second-order valence-corrected chi connectivity index (χ2v) is 5.55. The molecule has 1 aliphatic carbocycles. The first-order valence-corrected chi connectivity index (χ1v) is 6.76. The molecule has 0 atom stereocenters. The normalized spacial score (nSPS) is 14.6. The lowest BCUT2D eigenvalue weighted by atomic mass is 10.1. The van der Waals surface area contributed by atoms with Crippen LogP contribution >= 0.6 is 23.2 Å². The van der Waals surface area contributed by atoms with E-state index < -0.39 is 0 Å². The molecule has 0 amide bonds. The average molecular weight is 278 g/mol. The first-order valence-electron chi connectivity index (χ1n) is 6.00. The zero-order chi connectivity index (χ0) is 12.5. The minimum atomic E-state index is 0.428. The van der Waals surface area contributed by atoms with Crippen molar-refractivity contribution in [1.82, 2.24) is 0 Å². The maximum Gasteiger partial charge on any atom is 0.0441 e. The molecular formula is C15H13Cl2N. The number of fused-ring (bicyclic) bond motifs is 1. The van der Waals surface area contributed by atoms with Crippen LogP contribution in [0, 0.1) is 0 Å². The number of rotatable bonds is 2. The summed E-state index contributed by atoms with van der Waals surface area (Å²) in [4.78, 5) is 0. The molecule has 2 aromatic rings. The molecule has 3 heteroatoms. The maximum absolute atomic E-state index is 6.00. The Hall–Kier alpha value is -1.18. The molecule has 0 saturated carbocycles. The number of halogens is 2. The van der Waals surface area contributed by atoms with E-state index in [9.17, 15) is 0 Å². The minimum Gasteiger partial charge on any atom is -0.382 e. The van der Waals surface area contributed by atoms with Crippen molar-refractivity contribution >= 4 is 28.9 Å². The predicted molar refractivity (Wildman–Crippen MR) is 77.7 cm³/mol. The monoisotopic (exact) mass is 277 g/mol. The molecule has 0 aromatic heterocycles. The summed E-state index contributed by atoms with van der Waals surface area (Å²) in [6, 6.07) is 14.6. The van der Waals surface area contributed by atoms with Gasteiger partial charge in [0.2, 0.25) is 0 Å². The Balaban J connectivity index is 1.76. The van der Waals surface area contributed by atoms with Crippen LogP contribution < -0.4 is 5.32 Å². The quantitative estimate of drug-likeness (QED) is 0.848. The van der Waals surface area contributed by atoms with Gasteiger partial charge in [-0.25, -0.2) is 0 Å². The van der Waals surface area contributed by atoms with Gasteiger partial charge in [0.1, 0.15) is 0 Å². The van der Waals surface area contributed by atoms with Gasteiger partial charge in [0.25, 0.3) is 0 Å². The fraction of sp³-hybridized carbons (Fsp3) is 0.200. The Bertz CT molecular complexity index is 535. The lowest BCUT2D eigenvalue weighted by Gasteiger charge is -2.14. The van der Waals surface area contributed by atoms with Crippen molar-refractivity contribution in [3.05, 3.63) is 63.6 Å². The van der Waals surface area contributed by atoms with Crippen LogP contribution in [0.3, 0.4) is 0 Å². The highest BCUT2D eigenvalue weighted by Gasteiger charge is 2.20. The van der Waals surface area contributed by atoms with Crippen molar-refractivity contribution in [3.8, 4) is 0 Å². The van der Waals surface area contributed by atoms with Crippen molar-refractivity contribution in [3.63, 3.8) is 0 Å². The van der Waals surface area contributed by atoms with Gasteiger partial charge in [0.05, 0.1) is 0 Å². The number of benzene rings is 2. The van der Waals surface area contributed by atoms with E-state index in [-0.39, 0.29) is 0 Å². The third kappa shape index (κ3) is 2.47. The Kier molecular flexibility index (Phi) is 3.19. The predicted octanol–water partition coefficient (Wildman–Crippen LogP) is 4.57. The van der Waals surface area contributed by atoms with E-state index in [1.54, 1.807) is 6.07 Å². The van der Waals surface area contributed by atoms with Crippen LogP contribution in [0.15, 0.2) is 42.5 Å². The fourth-order valence-corrected chi connectivity index (χ4v) is 3.06. The molecule has 18 heavy (non-hydrogen) atoms. The molecule has 1 aliphatic rings. The molecule has 3 rings (SSSR count). The van der Waals surface area contributed by atoms with Crippen molar-refractivity contribution < 1.29 is 0 Å². The van der Waals surface area contributed by atoms with Crippen molar-refractivity contribution in [1.29, 1.82) is 0 Å². The fourth-order valence-electron chi connectivity index (χ4n) is 2.53. The van der Waals surface area contributed by atoms with Gasteiger partial charge in [0.15, 0.2) is 0 Å². The summed E-state index contributed by atoms with van der Waals surface area (Å²) in [5.74, 6) is 0. The van der Waals surface area contributed by atoms with Gasteiger partial charge >= 0.3 is 0 Å². The Labute approximate surface area is 117 Å². The molecule has 0 heterocycles. The Morgan fingerprint density at radius 2 is 1.44 bits per heavy atom. The van der Waals surface area contributed by atoms with Gasteiger partial charge in [-0.1, -0.05) is 47.5 Å². The van der Waals surface area contributed by atoms with Crippen LogP contribution in [0.4, 0.5) is 5.69 Å². The van der Waals surface area contributed by atoms with E-state index >= 15 is 0 Å². The molecule has 92 valence electrons. The lowest BCUT2D eigenvalue weighted by Crippen LogP contribution is -2.19. The van der Waals surface area contributed by atoms with Gasteiger partial charge < -0.3 is 5.32 Å². The van der Waals surface area contributed by atoms with Gasteiger partial charge in [0, 0.05) is 21.8 Å². The highest BCUT2D eigenvalue weighted by Crippen LogP contribution is 2.27. The van der Waals surface area contributed by atoms with Crippen LogP contribution in [0.25, 0.3) is 0 Å². The van der Waals surface area contributed by atoms with E-state index in [1.807, 2.05) is 12.1 Å². The zero-order valence-electron chi connectivity index (χ0n) is 9.79. The summed E-state index contributed by atoms with van der Waals surface area (Å²) in [6.07, 6.45) is 2.11. The summed E-state index contributed by atoms with van der Waals surface area (Å²) in [7, 11) is 0. The first-order chi connectivity index (χ1) is 8.70. The lowest BCUT2D eigenvalue weighted by molar-refractivity contribution is 0.774. The molecule has 1 nitrogen and oxygen atoms in total. The summed E-state index contributed by atoms with van der Waals surface area (Å²) in [6.45, 7) is 0. The highest BCUT2D eigenvalue weighted by atomic mass is 35.5. The molecule has 0 unspecified atom stereocenters. The van der Waals surface area contributed by atoms with Crippen molar-refractivity contribution in [2.75, 3.05) is 5.32 Å². The van der Waals surface area contributed by atoms with Gasteiger partial charge in [-0.15, -0.1) is 0 Å². The van der Waals surface area contributed by atoms with Gasteiger partial charge in [-0.05, 0) is 42.2 Å². The van der Waals surface area contributed by atoms with Crippen LogP contribution in [0.5, 0.6) is 0 Å². The topological polar surface area (TPSA) is 12.0 Å². The van der Waals surface area contributed by atoms with Crippen LogP contribution in [0.1, 0.15) is 11.1 Å². The number of hydrogen-bond donors (Lipinski definition) is 1. The second-order valence-electron chi connectivity index (χ2n) is 4.68. The third-order valence-electron chi connectivity index (χ3n) is 3.28. The first kappa shape index (κ1) is 11.9. The SMILES string of the molecule is Clc1cc(Cl)cc(NC2Cc3ccccc3C2)c1. The molecule has 0 spiro atoms. The van der Waals surface area contributed by atoms with Crippen molar-refractivity contribution in [2.45, 2.75) is 18.9 Å². The Morgan fingerprint density at radius 3 is 2.00 bits per heavy atom. The largest absolute Gasteiger partial charge is 0.382 e. The number of anilines is 1. The van der Waals surface area contributed by atoms with E-state index in [0.717, 1.165) is 18.5 Å². The second kappa shape index (κ2) is 4.83. The standard InChI is InChI=1S/C15H13Cl2N/c16-12-7-13(17)9-15(8-12)18-14-5-10-3-1-2-4-11(10)6-14/h1-4,7-9,14,18H,5-6H2. The van der Waals surface area contributed by atoms with Gasteiger partial charge in [-0.2, -0.15) is 0 Å². The van der Waals surface area contributed by atoms with E-state index in [4.69, 9.17) is 23.2 Å². The minimum absolute atomic E-state index is 0.428. The highest BCUT2D eigenvalue weighted by molar-refractivity contribution is 6.35. The molecule has 2 aromatic carbocycles. The summed E-state index contributed by atoms with van der Waals surface area (Å²) in [5, 5.41) is 4.83. The van der Waals surface area contributed by atoms with Crippen LogP contribution in [-0.2, 0) is 12.8 Å². The molecule has 1 N–H and O–H groups in total. The number of nitrogens with one attached hydrogen (secondary N) is 1. The van der Waals surface area contributed by atoms with E-state index in [1.165, 1.54) is 11.1 Å². The third-order valence-corrected chi connectivity index (χ3v) is 3.72. The van der Waals surface area contributed by atoms with E-state index in [0.29, 0.717) is 16.1 Å². The van der Waals surface area contributed by atoms with Crippen molar-refractivity contribution in [2.24, 2.45) is 0 Å². The summed E-state index contributed by atoms with van der Waals surface area (Å²) in [5.41, 5.74) is 3.86. The molecule has 0 aliphatic heterocycles.